The van der Waals surface area contributed by atoms with Crippen LogP contribution in [0.3, 0.4) is 0 Å². The zero-order valence-corrected chi connectivity index (χ0v) is 22.1. The van der Waals surface area contributed by atoms with Gasteiger partial charge in [0.05, 0.1) is 36.1 Å². The number of aromatic nitrogens is 1. The summed E-state index contributed by atoms with van der Waals surface area (Å²) in [5, 5.41) is 8.78. The van der Waals surface area contributed by atoms with Gasteiger partial charge in [-0.05, 0) is 47.7 Å². The van der Waals surface area contributed by atoms with E-state index in [1.165, 1.54) is 25.6 Å². The second-order valence-corrected chi connectivity index (χ2v) is 9.76. The Hall–Kier alpha value is -4.16. The second kappa shape index (κ2) is 10.8. The molecule has 0 saturated carbocycles. The number of nitriles is 1. The number of fused-ring (bicyclic) bond motifs is 1. The summed E-state index contributed by atoms with van der Waals surface area (Å²) < 4.78 is 17.9. The third-order valence-electron chi connectivity index (χ3n) is 6.12. The largest absolute Gasteiger partial charge is 0.493 e. The monoisotopic (exact) mass is 517 g/mol. The number of benzene rings is 2. The molecule has 0 amide bonds. The van der Waals surface area contributed by atoms with Crippen LogP contribution in [0.25, 0.3) is 6.08 Å². The highest BCUT2D eigenvalue weighted by molar-refractivity contribution is 7.07. The van der Waals surface area contributed by atoms with Gasteiger partial charge in [-0.15, -0.1) is 0 Å². The summed E-state index contributed by atoms with van der Waals surface area (Å²) in [5.41, 5.74) is 3.25. The summed E-state index contributed by atoms with van der Waals surface area (Å²) in [5.74, 6) is 0.711. The quantitative estimate of drug-likeness (QED) is 0.445. The SMILES string of the molecule is COC(=O)C1=C(C)N=c2sc(=Cc3ccc(OCC#N)c(OC)c3)c(=O)n2[C@H]1c1ccc(C(C)C)cc1. The summed E-state index contributed by atoms with van der Waals surface area (Å²) in [6.07, 6.45) is 1.75. The van der Waals surface area contributed by atoms with Crippen LogP contribution in [0.2, 0.25) is 0 Å². The first-order valence-corrected chi connectivity index (χ1v) is 12.5. The summed E-state index contributed by atoms with van der Waals surface area (Å²) in [6.45, 7) is 5.87. The van der Waals surface area contributed by atoms with Crippen molar-refractivity contribution in [3.05, 3.63) is 90.1 Å². The van der Waals surface area contributed by atoms with Gasteiger partial charge >= 0.3 is 5.97 Å². The average molecular weight is 518 g/mol. The lowest BCUT2D eigenvalue weighted by Gasteiger charge is -2.24. The fraction of sp³-hybridized carbons (Fsp3) is 0.286. The van der Waals surface area contributed by atoms with Crippen molar-refractivity contribution in [2.75, 3.05) is 20.8 Å². The molecule has 2 heterocycles. The number of carbonyl (C=O) groups is 1. The molecule has 9 heteroatoms. The number of thiazole rings is 1. The molecule has 4 rings (SSSR count). The van der Waals surface area contributed by atoms with Gasteiger partial charge < -0.3 is 14.2 Å². The number of allylic oxidation sites excluding steroid dienone is 1. The average Bonchev–Trinajstić information content (AvgIpc) is 3.20. The van der Waals surface area contributed by atoms with E-state index in [0.717, 1.165) is 11.1 Å². The lowest BCUT2D eigenvalue weighted by molar-refractivity contribution is -0.136. The maximum Gasteiger partial charge on any atom is 0.338 e. The van der Waals surface area contributed by atoms with Crippen molar-refractivity contribution < 1.29 is 19.0 Å². The number of methoxy groups -OCH3 is 2. The minimum absolute atomic E-state index is 0.103. The molecule has 3 aromatic rings. The molecule has 1 atom stereocenters. The molecule has 0 saturated heterocycles. The van der Waals surface area contributed by atoms with E-state index < -0.39 is 12.0 Å². The highest BCUT2D eigenvalue weighted by atomic mass is 32.1. The predicted molar refractivity (Wildman–Crippen MR) is 140 cm³/mol. The molecular formula is C28H27N3O5S. The molecule has 1 aliphatic rings. The summed E-state index contributed by atoms with van der Waals surface area (Å²) in [4.78, 5) is 31.6. The predicted octanol–water partition coefficient (Wildman–Crippen LogP) is 3.44. The van der Waals surface area contributed by atoms with Gasteiger partial charge in [-0.2, -0.15) is 5.26 Å². The van der Waals surface area contributed by atoms with E-state index in [1.54, 1.807) is 35.8 Å². The van der Waals surface area contributed by atoms with Crippen LogP contribution in [0.5, 0.6) is 11.5 Å². The third kappa shape index (κ3) is 5.06. The molecule has 0 spiro atoms. The van der Waals surface area contributed by atoms with Gasteiger partial charge in [0.25, 0.3) is 5.56 Å². The molecule has 1 aliphatic heterocycles. The minimum Gasteiger partial charge on any atom is -0.493 e. The van der Waals surface area contributed by atoms with Gasteiger partial charge in [0.2, 0.25) is 0 Å². The van der Waals surface area contributed by atoms with Gasteiger partial charge in [-0.25, -0.2) is 9.79 Å². The van der Waals surface area contributed by atoms with Crippen molar-refractivity contribution in [1.82, 2.24) is 4.57 Å². The molecule has 0 fully saturated rings. The first kappa shape index (κ1) is 25.9. The van der Waals surface area contributed by atoms with Gasteiger partial charge in [-0.1, -0.05) is 55.5 Å². The summed E-state index contributed by atoms with van der Waals surface area (Å²) >= 11 is 1.25. The van der Waals surface area contributed by atoms with Gasteiger partial charge in [0.15, 0.2) is 22.9 Å². The van der Waals surface area contributed by atoms with Crippen LogP contribution in [-0.2, 0) is 9.53 Å². The molecule has 37 heavy (non-hydrogen) atoms. The van der Waals surface area contributed by atoms with Crippen LogP contribution >= 0.6 is 11.3 Å². The Balaban J connectivity index is 1.87. The zero-order chi connectivity index (χ0) is 26.7. The maximum absolute atomic E-state index is 13.7. The number of hydrogen-bond donors (Lipinski definition) is 0. The van der Waals surface area contributed by atoms with Crippen LogP contribution in [-0.4, -0.2) is 31.4 Å². The smallest absolute Gasteiger partial charge is 0.338 e. The Bertz CT molecular complexity index is 1590. The highest BCUT2D eigenvalue weighted by Gasteiger charge is 2.33. The van der Waals surface area contributed by atoms with E-state index >= 15 is 0 Å². The van der Waals surface area contributed by atoms with E-state index in [-0.39, 0.29) is 12.2 Å². The van der Waals surface area contributed by atoms with Crippen LogP contribution in [0.15, 0.2) is 63.5 Å². The Morgan fingerprint density at radius 2 is 1.92 bits per heavy atom. The molecule has 0 aliphatic carbocycles. The number of hydrogen-bond acceptors (Lipinski definition) is 8. The van der Waals surface area contributed by atoms with Gasteiger partial charge in [0.1, 0.15) is 6.07 Å². The maximum atomic E-state index is 13.7. The van der Waals surface area contributed by atoms with Crippen LogP contribution in [0.1, 0.15) is 49.4 Å². The number of ether oxygens (including phenoxy) is 3. The third-order valence-corrected chi connectivity index (χ3v) is 7.11. The fourth-order valence-electron chi connectivity index (χ4n) is 4.23. The van der Waals surface area contributed by atoms with Crippen LogP contribution in [0, 0.1) is 11.3 Å². The van der Waals surface area contributed by atoms with Crippen molar-refractivity contribution >= 4 is 23.4 Å². The number of carbonyl (C=O) groups excluding carboxylic acids is 1. The molecule has 0 N–H and O–H groups in total. The number of esters is 1. The Morgan fingerprint density at radius 1 is 1.19 bits per heavy atom. The molecule has 0 bridgehead atoms. The Labute approximate surface area is 218 Å². The summed E-state index contributed by atoms with van der Waals surface area (Å²) in [6, 6.07) is 14.4. The van der Waals surface area contributed by atoms with Crippen molar-refractivity contribution in [3.8, 4) is 17.6 Å². The van der Waals surface area contributed by atoms with Gasteiger partial charge in [-0.3, -0.25) is 9.36 Å². The van der Waals surface area contributed by atoms with Crippen molar-refractivity contribution in [2.24, 2.45) is 4.99 Å². The van der Waals surface area contributed by atoms with Crippen molar-refractivity contribution in [1.29, 1.82) is 5.26 Å². The van der Waals surface area contributed by atoms with E-state index in [0.29, 0.717) is 43.6 Å². The fourth-order valence-corrected chi connectivity index (χ4v) is 5.27. The zero-order valence-electron chi connectivity index (χ0n) is 21.3. The Kier molecular flexibility index (Phi) is 7.60. The van der Waals surface area contributed by atoms with Crippen molar-refractivity contribution in [3.63, 3.8) is 0 Å². The van der Waals surface area contributed by atoms with E-state index in [4.69, 9.17) is 19.5 Å². The standard InChI is InChI=1S/C28H27N3O5S/c1-16(2)19-7-9-20(10-8-19)25-24(27(33)35-5)17(3)30-28-31(25)26(32)23(37-28)15-18-6-11-21(36-13-12-29)22(14-18)34-4/h6-11,14-16,25H,13H2,1-5H3/t25-/m0/s1. The van der Waals surface area contributed by atoms with E-state index in [2.05, 4.69) is 18.8 Å². The highest BCUT2D eigenvalue weighted by Crippen LogP contribution is 2.32. The first-order valence-electron chi connectivity index (χ1n) is 11.7. The van der Waals surface area contributed by atoms with Gasteiger partial charge in [0, 0.05) is 0 Å². The van der Waals surface area contributed by atoms with Crippen molar-refractivity contribution in [2.45, 2.75) is 32.7 Å². The molecule has 0 unspecified atom stereocenters. The molecular weight excluding hydrogens is 490 g/mol. The van der Waals surface area contributed by atoms with Crippen LogP contribution in [0.4, 0.5) is 0 Å². The minimum atomic E-state index is -0.664. The van der Waals surface area contributed by atoms with E-state index in [1.807, 2.05) is 30.3 Å². The lowest BCUT2D eigenvalue weighted by atomic mass is 9.93. The normalized spacial score (nSPS) is 15.2. The molecule has 8 nitrogen and oxygen atoms in total. The lowest BCUT2D eigenvalue weighted by Crippen LogP contribution is -2.39. The second-order valence-electron chi connectivity index (χ2n) is 8.75. The molecule has 0 radical (unpaired) electrons. The number of nitrogens with zero attached hydrogens (tertiary/aromatic N) is 3. The molecule has 2 aromatic carbocycles. The summed E-state index contributed by atoms with van der Waals surface area (Å²) in [7, 11) is 2.83. The first-order chi connectivity index (χ1) is 17.8. The van der Waals surface area contributed by atoms with E-state index in [9.17, 15) is 9.59 Å². The number of rotatable bonds is 7. The molecule has 190 valence electrons. The molecule has 1 aromatic heterocycles. The topological polar surface area (TPSA) is 103 Å². The Morgan fingerprint density at radius 3 is 2.54 bits per heavy atom. The van der Waals surface area contributed by atoms with Crippen LogP contribution < -0.4 is 24.4 Å².